The number of hydrogen-bond acceptors (Lipinski definition) is 26. The van der Waals surface area contributed by atoms with Crippen molar-refractivity contribution in [1.82, 2.24) is 30.7 Å². The van der Waals surface area contributed by atoms with Crippen LogP contribution in [0.25, 0.3) is 0 Å². The van der Waals surface area contributed by atoms with Crippen molar-refractivity contribution in [3.05, 3.63) is 106 Å². The molecule has 8 rings (SSSR count). The van der Waals surface area contributed by atoms with Crippen LogP contribution in [0.4, 0.5) is 16.2 Å². The number of carbonyl (C=O) groups is 11. The quantitative estimate of drug-likeness (QED) is 0.0324. The standard InChI is InChI=1S/C82H110N8O26/c1-53(2)61(44-60(91)15-16-64(81(101)102)86-74(94)20-25-106-27-29-108-31-33-110-35-37-112-39-40-113-38-36-111-34-32-109-30-28-107-26-21-83-73(93)19-22-87-75(95)17-18-76(87)96)77(97)85-56(5)68(92)43-57-11-13-58(14-12-57)52-116-82(103)90-66-48-72(70(105-7)46-63(66)79(99)89-51-55(4)42-67(89)80(90)100)115-24-10-8-9-23-114-71-47-65-62(45-69(71)104-6)78(98)88-50-54(3)41-59(88)49-84-65/h11-14,17-18,45-51,53,56,59,61,64,67,80,100H,8-10,15-16,19-44,52H2,1-7H3,(H,83,93)(H,85,97)(H,86,94)(H,101,102)/t56-,59-,61-,64-,67-,80-/m0/s1. The van der Waals surface area contributed by atoms with Crippen LogP contribution in [-0.2, 0) is 94.0 Å². The lowest BCUT2D eigenvalue weighted by Crippen LogP contribution is -2.50. The first-order chi connectivity index (χ1) is 55.9. The maximum Gasteiger partial charge on any atom is 0.416 e. The number of aliphatic carboxylic acids is 1. The van der Waals surface area contributed by atoms with Crippen LogP contribution in [0.1, 0.15) is 131 Å². The van der Waals surface area contributed by atoms with E-state index >= 15 is 0 Å². The minimum Gasteiger partial charge on any atom is -0.493 e. The van der Waals surface area contributed by atoms with E-state index < -0.39 is 77.7 Å². The van der Waals surface area contributed by atoms with E-state index in [9.17, 15) is 63.0 Å². The number of ketones is 2. The lowest BCUT2D eigenvalue weighted by molar-refractivity contribution is -0.142. The molecule has 0 aromatic heterocycles. The molecule has 3 aromatic carbocycles. The number of Topliss-reactive ketones (excluding diaryl/α,β-unsaturated/α-hetero) is 2. The molecule has 634 valence electrons. The first-order valence-corrected chi connectivity index (χ1v) is 39.2. The van der Waals surface area contributed by atoms with Gasteiger partial charge in [0.2, 0.25) is 17.7 Å². The summed E-state index contributed by atoms with van der Waals surface area (Å²) >= 11 is 0. The summed E-state index contributed by atoms with van der Waals surface area (Å²) in [5.74, 6) is -4.81. The van der Waals surface area contributed by atoms with Gasteiger partial charge < -0.3 is 97.5 Å². The molecule has 0 saturated heterocycles. The SMILES string of the molecule is COc1cc2c(cc1OCCCCCOc1cc3c(cc1OC)C(=O)N1C=C(C)C[C@H]1[C@H](O)N3C(=O)OCc1ccc(CC(=O)[C@H](C)NC(=O)[C@@H](CC(=O)CC[C@H](NC(=O)CCOCCOCCOCCOCCOCCOCCOCCOCCNC(=O)CCN3C(=O)C=CC3=O)C(=O)O)C(C)C)cc1)N=C[C@@H]1CC(C)=CN1C2=O. The zero-order valence-electron chi connectivity index (χ0n) is 67.1. The Morgan fingerprint density at radius 1 is 0.578 bits per heavy atom. The first-order valence-electron chi connectivity index (χ1n) is 39.2. The molecule has 3 aromatic rings. The molecule has 0 fully saturated rings. The highest BCUT2D eigenvalue weighted by molar-refractivity contribution is 6.13. The van der Waals surface area contributed by atoms with Crippen molar-refractivity contribution < 1.29 is 125 Å². The minimum atomic E-state index is -1.54. The zero-order chi connectivity index (χ0) is 83.5. The molecule has 6 atom stereocenters. The van der Waals surface area contributed by atoms with E-state index in [1.54, 1.807) is 67.6 Å². The number of aliphatic imine (C=N–C) groups is 1. The van der Waals surface area contributed by atoms with Crippen molar-refractivity contribution in [2.45, 2.75) is 142 Å². The number of aliphatic hydroxyl groups excluding tert-OH is 1. The van der Waals surface area contributed by atoms with Crippen LogP contribution in [0.2, 0.25) is 0 Å². The summed E-state index contributed by atoms with van der Waals surface area (Å²) in [6.07, 6.45) is 7.14. The van der Waals surface area contributed by atoms with Crippen LogP contribution < -0.4 is 39.8 Å². The van der Waals surface area contributed by atoms with Crippen molar-refractivity contribution in [1.29, 1.82) is 0 Å². The molecule has 5 N–H and O–H groups in total. The first kappa shape index (κ1) is 91.5. The summed E-state index contributed by atoms with van der Waals surface area (Å²) in [5.41, 5.74) is 4.08. The Hall–Kier alpha value is -10.0. The van der Waals surface area contributed by atoms with Crippen molar-refractivity contribution in [2.24, 2.45) is 16.8 Å². The van der Waals surface area contributed by atoms with E-state index in [-0.39, 0.29) is 143 Å². The van der Waals surface area contributed by atoms with Crippen LogP contribution in [-0.4, -0.2) is 273 Å². The number of nitrogens with one attached hydrogen (secondary N) is 3. The number of benzene rings is 3. The fraction of sp³-hybridized carbons (Fsp3) is 0.561. The Balaban J connectivity index is 0.650. The number of fused-ring (bicyclic) bond motifs is 4. The Morgan fingerprint density at radius 3 is 1.67 bits per heavy atom. The number of nitrogens with zero attached hydrogens (tertiary/aromatic N) is 5. The predicted octanol–water partition coefficient (Wildman–Crippen LogP) is 5.91. The Morgan fingerprint density at radius 2 is 1.10 bits per heavy atom. The Bertz CT molecular complexity index is 3960. The molecule has 34 heteroatoms. The minimum absolute atomic E-state index is 0.00985. The molecule has 0 unspecified atom stereocenters. The van der Waals surface area contributed by atoms with Gasteiger partial charge in [0.05, 0.1) is 174 Å². The van der Waals surface area contributed by atoms with Gasteiger partial charge >= 0.3 is 12.1 Å². The number of unbranched alkanes of at least 4 members (excludes halogenated alkanes) is 2. The number of hydrogen-bond donors (Lipinski definition) is 5. The Kier molecular flexibility index (Phi) is 37.7. The van der Waals surface area contributed by atoms with Gasteiger partial charge in [-0.15, -0.1) is 0 Å². The van der Waals surface area contributed by atoms with E-state index in [0.29, 0.717) is 152 Å². The van der Waals surface area contributed by atoms with E-state index in [1.807, 2.05) is 20.0 Å². The third-order valence-corrected chi connectivity index (χ3v) is 19.4. The van der Waals surface area contributed by atoms with E-state index in [4.69, 9.17) is 61.6 Å². The van der Waals surface area contributed by atoms with E-state index in [1.165, 1.54) is 50.3 Å². The number of carbonyl (C=O) groups excluding carboxylic acids is 10. The summed E-state index contributed by atoms with van der Waals surface area (Å²) in [5, 5.41) is 29.7. The number of amides is 8. The van der Waals surface area contributed by atoms with Gasteiger partial charge in [0.25, 0.3) is 23.6 Å². The summed E-state index contributed by atoms with van der Waals surface area (Å²) < 4.78 is 73.4. The number of carboxylic acid groups (broad SMARTS) is 1. The second-order valence-electron chi connectivity index (χ2n) is 28.5. The summed E-state index contributed by atoms with van der Waals surface area (Å²) in [4.78, 5) is 152. The molecular weight excluding hydrogens is 1510 g/mol. The molecule has 5 aliphatic heterocycles. The van der Waals surface area contributed by atoms with Crippen molar-refractivity contribution in [2.75, 3.05) is 151 Å². The lowest BCUT2D eigenvalue weighted by Gasteiger charge is -2.31. The van der Waals surface area contributed by atoms with Crippen molar-refractivity contribution in [3.8, 4) is 23.0 Å². The molecule has 0 bridgehead atoms. The largest absolute Gasteiger partial charge is 0.493 e. The zero-order valence-corrected chi connectivity index (χ0v) is 67.1. The number of methoxy groups -OCH3 is 2. The normalized spacial score (nSPS) is 16.9. The maximum absolute atomic E-state index is 14.3. The second kappa shape index (κ2) is 47.9. The molecule has 8 amide bonds. The van der Waals surface area contributed by atoms with Crippen LogP contribution in [0.15, 0.2) is 89.2 Å². The highest BCUT2D eigenvalue weighted by Crippen LogP contribution is 2.43. The van der Waals surface area contributed by atoms with E-state index in [0.717, 1.165) is 20.9 Å². The number of carboxylic acids is 1. The molecular formula is C82H110N8O26. The molecule has 116 heavy (non-hydrogen) atoms. The van der Waals surface area contributed by atoms with Crippen molar-refractivity contribution >= 4 is 82.6 Å². The van der Waals surface area contributed by atoms with Gasteiger partial charge in [-0.1, -0.05) is 49.3 Å². The number of anilines is 1. The molecule has 0 spiro atoms. The van der Waals surface area contributed by atoms with Gasteiger partial charge in [-0.05, 0) is 88.5 Å². The fourth-order valence-electron chi connectivity index (χ4n) is 13.0. The van der Waals surface area contributed by atoms with Gasteiger partial charge in [-0.3, -0.25) is 53.0 Å². The molecule has 0 aliphatic carbocycles. The van der Waals surface area contributed by atoms with Gasteiger partial charge in [-0.2, -0.15) is 0 Å². The van der Waals surface area contributed by atoms with Gasteiger partial charge in [-0.25, -0.2) is 14.5 Å². The third-order valence-electron chi connectivity index (χ3n) is 19.4. The average molecular weight is 1620 g/mol. The highest BCUT2D eigenvalue weighted by Gasteiger charge is 2.45. The summed E-state index contributed by atoms with van der Waals surface area (Å²) in [6, 6.07) is 9.72. The average Bonchev–Trinajstić information content (AvgIpc) is 1.59. The molecule has 0 saturated carbocycles. The Labute approximate surface area is 674 Å². The van der Waals surface area contributed by atoms with Gasteiger partial charge in [0, 0.05) is 94.0 Å². The third kappa shape index (κ3) is 28.4. The van der Waals surface area contributed by atoms with Crippen molar-refractivity contribution in [3.63, 3.8) is 0 Å². The lowest BCUT2D eigenvalue weighted by atomic mass is 9.88. The highest BCUT2D eigenvalue weighted by atomic mass is 16.6. The van der Waals surface area contributed by atoms with Gasteiger partial charge in [0.1, 0.15) is 18.4 Å². The predicted molar refractivity (Wildman–Crippen MR) is 418 cm³/mol. The summed E-state index contributed by atoms with van der Waals surface area (Å²) in [6.45, 7) is 14.4. The molecule has 5 aliphatic rings. The molecule has 5 heterocycles. The van der Waals surface area contributed by atoms with Crippen LogP contribution in [0, 0.1) is 11.8 Å². The van der Waals surface area contributed by atoms with Gasteiger partial charge in [0.15, 0.2) is 35.0 Å². The number of rotatable bonds is 55. The van der Waals surface area contributed by atoms with Crippen LogP contribution >= 0.6 is 0 Å². The van der Waals surface area contributed by atoms with E-state index in [2.05, 4.69) is 20.9 Å². The fourth-order valence-corrected chi connectivity index (χ4v) is 13.0. The number of ether oxygens (including phenoxy) is 13. The number of imide groups is 1. The molecule has 34 nitrogen and oxygen atoms in total. The number of aliphatic hydroxyl groups is 1. The monoisotopic (exact) mass is 1620 g/mol. The smallest absolute Gasteiger partial charge is 0.416 e. The summed E-state index contributed by atoms with van der Waals surface area (Å²) in [7, 11) is 2.95. The second-order valence-corrected chi connectivity index (χ2v) is 28.5. The maximum atomic E-state index is 14.3. The van der Waals surface area contributed by atoms with Crippen LogP contribution in [0.3, 0.4) is 0 Å². The molecule has 0 radical (unpaired) electrons. The topological polar surface area (TPSA) is 410 Å². The van der Waals surface area contributed by atoms with Crippen LogP contribution in [0.5, 0.6) is 23.0 Å².